The van der Waals surface area contributed by atoms with E-state index in [1.54, 1.807) is 0 Å². The highest BCUT2D eigenvalue weighted by atomic mass is 31.2. The van der Waals surface area contributed by atoms with Gasteiger partial charge in [0.05, 0.1) is 19.8 Å². The molecule has 0 heterocycles. The molecule has 0 saturated heterocycles. The molecule has 0 aliphatic rings. The number of rotatable bonds is 39. The molecule has 0 bridgehead atoms. The van der Waals surface area contributed by atoms with Crippen molar-refractivity contribution in [2.75, 3.05) is 33.0 Å². The fourth-order valence-corrected chi connectivity index (χ4v) is 6.35. The minimum absolute atomic E-state index is 0.0959. The lowest BCUT2D eigenvalue weighted by molar-refractivity contribution is -0.154. The Balaban J connectivity index is 4.01. The molecule has 290 valence electrons. The second kappa shape index (κ2) is 38.2. The number of phosphoric ester groups is 1. The Labute approximate surface area is 302 Å². The van der Waals surface area contributed by atoms with Crippen LogP contribution in [0, 0.1) is 0 Å². The molecule has 0 aromatic heterocycles. The van der Waals surface area contributed by atoms with Gasteiger partial charge in [-0.05, 0) is 57.8 Å². The van der Waals surface area contributed by atoms with Crippen molar-refractivity contribution >= 4 is 13.8 Å². The van der Waals surface area contributed by atoms with Gasteiger partial charge in [0, 0.05) is 19.6 Å². The van der Waals surface area contributed by atoms with E-state index in [1.807, 2.05) is 0 Å². The van der Waals surface area contributed by atoms with Gasteiger partial charge >= 0.3 is 13.8 Å². The van der Waals surface area contributed by atoms with Crippen LogP contribution in [0.2, 0.25) is 0 Å². The van der Waals surface area contributed by atoms with Crippen LogP contribution in [-0.2, 0) is 27.9 Å². The molecule has 0 radical (unpaired) electrons. The summed E-state index contributed by atoms with van der Waals surface area (Å²) in [4.78, 5) is 22.4. The smallest absolute Gasteiger partial charge is 0.457 e. The van der Waals surface area contributed by atoms with Crippen molar-refractivity contribution in [3.63, 3.8) is 0 Å². The summed E-state index contributed by atoms with van der Waals surface area (Å²) in [7, 11) is -4.27. The van der Waals surface area contributed by atoms with Crippen molar-refractivity contribution in [2.24, 2.45) is 5.73 Å². The number of hydrogen-bond acceptors (Lipinski definition) is 7. The van der Waals surface area contributed by atoms with Crippen molar-refractivity contribution in [1.82, 2.24) is 0 Å². The Hall–Kier alpha value is -1.02. The van der Waals surface area contributed by atoms with Gasteiger partial charge in [-0.2, -0.15) is 0 Å². The predicted molar refractivity (Wildman–Crippen MR) is 206 cm³/mol. The van der Waals surface area contributed by atoms with Crippen LogP contribution in [0.4, 0.5) is 0 Å². The Bertz CT molecular complexity index is 807. The largest absolute Gasteiger partial charge is 0.472 e. The summed E-state index contributed by atoms with van der Waals surface area (Å²) in [6.45, 7) is 4.86. The maximum absolute atomic E-state index is 12.5. The third-order valence-corrected chi connectivity index (χ3v) is 9.56. The maximum atomic E-state index is 12.5. The fraction of sp³-hybridized carbons (Fsp3) is 0.875. The zero-order valence-corrected chi connectivity index (χ0v) is 32.8. The van der Waals surface area contributed by atoms with Gasteiger partial charge in [-0.15, -0.1) is 0 Å². The van der Waals surface area contributed by atoms with E-state index in [9.17, 15) is 14.3 Å². The van der Waals surface area contributed by atoms with E-state index < -0.39 is 13.9 Å². The highest BCUT2D eigenvalue weighted by molar-refractivity contribution is 7.47. The van der Waals surface area contributed by atoms with Gasteiger partial charge in [-0.3, -0.25) is 13.8 Å². The second-order valence-corrected chi connectivity index (χ2v) is 14.9. The summed E-state index contributed by atoms with van der Waals surface area (Å²) in [5.41, 5.74) is 5.35. The number of unbranched alkanes of at least 4 members (excludes halogenated alkanes) is 22. The van der Waals surface area contributed by atoms with Crippen LogP contribution in [0.25, 0.3) is 0 Å². The molecule has 0 amide bonds. The number of carbonyl (C=O) groups excluding carboxylic acids is 1. The Kier molecular flexibility index (Phi) is 37.4. The van der Waals surface area contributed by atoms with E-state index in [0.717, 1.165) is 32.1 Å². The molecule has 2 unspecified atom stereocenters. The average Bonchev–Trinajstić information content (AvgIpc) is 3.09. The molecule has 0 aliphatic carbocycles. The van der Waals surface area contributed by atoms with Crippen LogP contribution in [0.1, 0.15) is 187 Å². The molecule has 0 fully saturated rings. The molecular formula is C40H78NO7P. The van der Waals surface area contributed by atoms with Crippen LogP contribution in [-0.4, -0.2) is 49.9 Å². The number of nitrogens with two attached hydrogens (primary N) is 1. The summed E-state index contributed by atoms with van der Waals surface area (Å²) in [5, 5.41) is 0. The zero-order chi connectivity index (χ0) is 35.9. The monoisotopic (exact) mass is 716 g/mol. The molecule has 0 rings (SSSR count). The summed E-state index contributed by atoms with van der Waals surface area (Å²) >= 11 is 0. The van der Waals surface area contributed by atoms with E-state index in [1.165, 1.54) is 135 Å². The fourth-order valence-electron chi connectivity index (χ4n) is 5.58. The number of carbonyl (C=O) groups is 1. The summed E-state index contributed by atoms with van der Waals surface area (Å²) in [6.07, 6.45) is 40.5. The number of esters is 1. The third-order valence-electron chi connectivity index (χ3n) is 8.57. The molecule has 0 saturated carbocycles. The molecule has 3 N–H and O–H groups in total. The molecule has 8 nitrogen and oxygen atoms in total. The molecule has 2 atom stereocenters. The van der Waals surface area contributed by atoms with Crippen molar-refractivity contribution in [2.45, 2.75) is 193 Å². The highest BCUT2D eigenvalue weighted by Crippen LogP contribution is 2.43. The Morgan fingerprint density at radius 3 is 1.57 bits per heavy atom. The molecule has 0 aromatic rings. The first kappa shape index (κ1) is 48.0. The summed E-state index contributed by atoms with van der Waals surface area (Å²) in [5.74, 6) is -0.335. The minimum atomic E-state index is -4.27. The summed E-state index contributed by atoms with van der Waals surface area (Å²) < 4.78 is 33.3. The van der Waals surface area contributed by atoms with E-state index in [2.05, 4.69) is 38.2 Å². The first-order valence-electron chi connectivity index (χ1n) is 20.3. The van der Waals surface area contributed by atoms with Gasteiger partial charge in [0.15, 0.2) is 0 Å². The van der Waals surface area contributed by atoms with Gasteiger partial charge in [0.25, 0.3) is 0 Å². The lowest BCUT2D eigenvalue weighted by atomic mass is 10.1. The normalized spacial score (nSPS) is 13.8. The van der Waals surface area contributed by atoms with Crippen molar-refractivity contribution in [3.05, 3.63) is 24.3 Å². The average molecular weight is 716 g/mol. The maximum Gasteiger partial charge on any atom is 0.472 e. The van der Waals surface area contributed by atoms with E-state index >= 15 is 0 Å². The standard InChI is InChI=1S/C40H78NO7P/c1-3-5-7-9-11-13-15-16-17-18-19-20-21-22-23-25-27-29-31-33-40(42)48-39(38-47-49(43,44)46-36-34-41)37-45-35-32-30-28-26-24-14-12-10-8-6-4-2/h8,10,16-17,39H,3-7,9,11-15,18-38,41H2,1-2H3,(H,43,44)/b10-8-,17-16-. The van der Waals surface area contributed by atoms with Crippen LogP contribution < -0.4 is 5.73 Å². The van der Waals surface area contributed by atoms with Crippen molar-refractivity contribution in [1.29, 1.82) is 0 Å². The van der Waals surface area contributed by atoms with Crippen LogP contribution in [0.3, 0.4) is 0 Å². The Morgan fingerprint density at radius 1 is 0.592 bits per heavy atom. The topological polar surface area (TPSA) is 117 Å². The molecular weight excluding hydrogens is 637 g/mol. The quantitative estimate of drug-likeness (QED) is 0.0279. The molecule has 9 heteroatoms. The van der Waals surface area contributed by atoms with Gasteiger partial charge in [-0.25, -0.2) is 4.57 Å². The number of ether oxygens (including phenoxy) is 2. The molecule has 0 aromatic carbocycles. The van der Waals surface area contributed by atoms with E-state index in [0.29, 0.717) is 13.0 Å². The van der Waals surface area contributed by atoms with Crippen LogP contribution in [0.15, 0.2) is 24.3 Å². The van der Waals surface area contributed by atoms with Gasteiger partial charge in [-0.1, -0.05) is 147 Å². The van der Waals surface area contributed by atoms with Gasteiger partial charge < -0.3 is 20.1 Å². The lowest BCUT2D eigenvalue weighted by Gasteiger charge is -2.20. The predicted octanol–water partition coefficient (Wildman–Crippen LogP) is 11.7. The number of hydrogen-bond donors (Lipinski definition) is 2. The summed E-state index contributed by atoms with van der Waals surface area (Å²) in [6, 6.07) is 0. The molecule has 49 heavy (non-hydrogen) atoms. The first-order chi connectivity index (χ1) is 23.9. The third kappa shape index (κ3) is 38.1. The highest BCUT2D eigenvalue weighted by Gasteiger charge is 2.25. The minimum Gasteiger partial charge on any atom is -0.457 e. The number of phosphoric acid groups is 1. The zero-order valence-electron chi connectivity index (χ0n) is 31.9. The Morgan fingerprint density at radius 2 is 1.06 bits per heavy atom. The van der Waals surface area contributed by atoms with Crippen LogP contribution >= 0.6 is 7.82 Å². The molecule has 0 aliphatic heterocycles. The lowest BCUT2D eigenvalue weighted by Crippen LogP contribution is -2.28. The molecule has 0 spiro atoms. The van der Waals surface area contributed by atoms with Gasteiger partial charge in [0.1, 0.15) is 6.10 Å². The first-order valence-corrected chi connectivity index (χ1v) is 21.8. The van der Waals surface area contributed by atoms with Gasteiger partial charge in [0.2, 0.25) is 0 Å². The van der Waals surface area contributed by atoms with E-state index in [-0.39, 0.29) is 32.3 Å². The SMILES string of the molecule is CCC/C=C\CCCCCCCCOCC(COP(=O)(O)OCCN)OC(=O)CCCCCCCCCCC/C=C\CCCCCCCC. The van der Waals surface area contributed by atoms with Crippen molar-refractivity contribution in [3.8, 4) is 0 Å². The van der Waals surface area contributed by atoms with Crippen LogP contribution in [0.5, 0.6) is 0 Å². The second-order valence-electron chi connectivity index (χ2n) is 13.5. The van der Waals surface area contributed by atoms with E-state index in [4.69, 9.17) is 24.3 Å². The van der Waals surface area contributed by atoms with Crippen molar-refractivity contribution < 1.29 is 32.8 Å². The number of allylic oxidation sites excluding steroid dienone is 4.